The highest BCUT2D eigenvalue weighted by Gasteiger charge is 2.19. The van der Waals surface area contributed by atoms with Crippen LogP contribution in [-0.4, -0.2) is 13.3 Å². The molecular weight excluding hydrogens is 280 g/mol. The van der Waals surface area contributed by atoms with Crippen LogP contribution in [0.5, 0.6) is 5.75 Å². The molecule has 1 aliphatic rings. The molecule has 1 aliphatic carbocycles. The predicted molar refractivity (Wildman–Crippen MR) is 85.9 cm³/mol. The molecule has 4 heteroatoms. The van der Waals surface area contributed by atoms with Crippen LogP contribution in [0, 0.1) is 11.3 Å². The Labute approximate surface area is 128 Å². The number of aliphatic imine (C=N–C) groups is 1. The largest absolute Gasteiger partial charge is 0.497 e. The molecular formula is C17H16N2OS. The Morgan fingerprint density at radius 2 is 2.00 bits per heavy atom. The maximum atomic E-state index is 9.40. The fraction of sp³-hybridized carbons (Fsp3) is 0.294. The number of thiophene rings is 1. The number of nitrogens with zero attached hydrogens (tertiary/aromatic N) is 2. The average molecular weight is 296 g/mol. The molecule has 21 heavy (non-hydrogen) atoms. The second-order valence-corrected chi connectivity index (χ2v) is 6.12. The van der Waals surface area contributed by atoms with E-state index in [1.807, 2.05) is 30.5 Å². The smallest absolute Gasteiger partial charge is 0.134 e. The van der Waals surface area contributed by atoms with Crippen molar-refractivity contribution >= 4 is 22.6 Å². The van der Waals surface area contributed by atoms with E-state index in [1.165, 1.54) is 23.3 Å². The second-order valence-electron chi connectivity index (χ2n) is 5.03. The van der Waals surface area contributed by atoms with Crippen LogP contribution in [0.15, 0.2) is 29.3 Å². The molecule has 0 N–H and O–H groups in total. The molecule has 1 heterocycles. The van der Waals surface area contributed by atoms with Crippen molar-refractivity contribution in [3.8, 4) is 11.8 Å². The minimum Gasteiger partial charge on any atom is -0.497 e. The fourth-order valence-electron chi connectivity index (χ4n) is 2.58. The lowest BCUT2D eigenvalue weighted by atomic mass is 9.96. The van der Waals surface area contributed by atoms with Crippen LogP contribution >= 0.6 is 11.3 Å². The van der Waals surface area contributed by atoms with E-state index >= 15 is 0 Å². The van der Waals surface area contributed by atoms with E-state index in [0.29, 0.717) is 0 Å². The zero-order valence-corrected chi connectivity index (χ0v) is 12.7. The molecule has 0 amide bonds. The quantitative estimate of drug-likeness (QED) is 0.794. The third-order valence-electron chi connectivity index (χ3n) is 3.71. The Hall–Kier alpha value is -2.12. The Morgan fingerprint density at radius 1 is 1.24 bits per heavy atom. The Balaban J connectivity index is 1.88. The lowest BCUT2D eigenvalue weighted by Gasteiger charge is -2.09. The van der Waals surface area contributed by atoms with Gasteiger partial charge < -0.3 is 4.74 Å². The summed E-state index contributed by atoms with van der Waals surface area (Å²) in [5, 5.41) is 10.2. The molecule has 0 spiro atoms. The molecule has 0 unspecified atom stereocenters. The fourth-order valence-corrected chi connectivity index (χ4v) is 3.76. The number of fused-ring (bicyclic) bond motifs is 1. The zero-order chi connectivity index (χ0) is 14.7. The monoisotopic (exact) mass is 296 g/mol. The summed E-state index contributed by atoms with van der Waals surface area (Å²) in [5.74, 6) is 0.830. The molecule has 0 saturated carbocycles. The number of hydrogen-bond acceptors (Lipinski definition) is 4. The second kappa shape index (κ2) is 6.11. The van der Waals surface area contributed by atoms with E-state index in [4.69, 9.17) is 4.74 Å². The molecule has 1 aromatic heterocycles. The number of methoxy groups -OCH3 is 1. The van der Waals surface area contributed by atoms with E-state index in [0.717, 1.165) is 34.7 Å². The maximum Gasteiger partial charge on any atom is 0.134 e. The zero-order valence-electron chi connectivity index (χ0n) is 11.9. The van der Waals surface area contributed by atoms with Crippen LogP contribution in [0.3, 0.4) is 0 Å². The Morgan fingerprint density at radius 3 is 2.71 bits per heavy atom. The first kappa shape index (κ1) is 13.8. The standard InChI is InChI=1S/C17H16N2OS/c1-20-13-8-6-12(7-9-13)11-19-17-15(10-18)14-4-2-3-5-16(14)21-17/h6-9,11H,2-5H2,1H3/b19-11+. The summed E-state index contributed by atoms with van der Waals surface area (Å²) in [7, 11) is 1.65. The summed E-state index contributed by atoms with van der Waals surface area (Å²) < 4.78 is 5.14. The Kier molecular flexibility index (Phi) is 4.03. The first-order chi connectivity index (χ1) is 10.3. The predicted octanol–water partition coefficient (Wildman–Crippen LogP) is 4.26. The summed E-state index contributed by atoms with van der Waals surface area (Å²) in [4.78, 5) is 5.88. The lowest BCUT2D eigenvalue weighted by Crippen LogP contribution is -1.99. The number of aryl methyl sites for hydroxylation is 1. The average Bonchev–Trinajstić information content (AvgIpc) is 2.91. The van der Waals surface area contributed by atoms with Gasteiger partial charge in [0.25, 0.3) is 0 Å². The summed E-state index contributed by atoms with van der Waals surface area (Å²) in [6, 6.07) is 10.1. The molecule has 0 saturated heterocycles. The minimum atomic E-state index is 0.777. The first-order valence-corrected chi connectivity index (χ1v) is 7.86. The number of ether oxygens (including phenoxy) is 1. The van der Waals surface area contributed by atoms with Crippen molar-refractivity contribution in [1.82, 2.24) is 0 Å². The summed E-state index contributed by atoms with van der Waals surface area (Å²) in [6.07, 6.45) is 6.33. The number of hydrogen-bond donors (Lipinski definition) is 0. The molecule has 0 aliphatic heterocycles. The van der Waals surface area contributed by atoms with Crippen LogP contribution in [0.1, 0.15) is 34.4 Å². The van der Waals surface area contributed by atoms with Crippen LogP contribution < -0.4 is 4.74 Å². The molecule has 0 fully saturated rings. The third-order valence-corrected chi connectivity index (χ3v) is 4.91. The molecule has 0 radical (unpaired) electrons. The van der Waals surface area contributed by atoms with E-state index in [9.17, 15) is 5.26 Å². The highest BCUT2D eigenvalue weighted by molar-refractivity contribution is 7.16. The number of rotatable bonds is 3. The van der Waals surface area contributed by atoms with Crippen LogP contribution in [0.4, 0.5) is 5.00 Å². The van der Waals surface area contributed by atoms with Gasteiger partial charge in [0.2, 0.25) is 0 Å². The molecule has 0 atom stereocenters. The summed E-state index contributed by atoms with van der Waals surface area (Å²) in [6.45, 7) is 0. The van der Waals surface area contributed by atoms with Crippen molar-refractivity contribution in [2.24, 2.45) is 4.99 Å². The van der Waals surface area contributed by atoms with Gasteiger partial charge in [0.05, 0.1) is 12.7 Å². The van der Waals surface area contributed by atoms with Gasteiger partial charge in [-0.3, -0.25) is 0 Å². The first-order valence-electron chi connectivity index (χ1n) is 7.04. The molecule has 2 aromatic rings. The van der Waals surface area contributed by atoms with Gasteiger partial charge in [-0.1, -0.05) is 0 Å². The van der Waals surface area contributed by atoms with Crippen molar-refractivity contribution in [3.05, 3.63) is 45.8 Å². The summed E-state index contributed by atoms with van der Waals surface area (Å²) >= 11 is 1.67. The van der Waals surface area contributed by atoms with Crippen molar-refractivity contribution in [2.45, 2.75) is 25.7 Å². The van der Waals surface area contributed by atoms with E-state index in [-0.39, 0.29) is 0 Å². The van der Waals surface area contributed by atoms with Crippen molar-refractivity contribution in [3.63, 3.8) is 0 Å². The highest BCUT2D eigenvalue weighted by Crippen LogP contribution is 2.39. The van der Waals surface area contributed by atoms with Gasteiger partial charge in [-0.05, 0) is 61.1 Å². The van der Waals surface area contributed by atoms with E-state index in [2.05, 4.69) is 11.1 Å². The number of nitriles is 1. The molecule has 106 valence electrons. The SMILES string of the molecule is COc1ccc(/C=N/c2sc3c(c2C#N)CCCC3)cc1. The minimum absolute atomic E-state index is 0.777. The highest BCUT2D eigenvalue weighted by atomic mass is 32.1. The van der Waals surface area contributed by atoms with Crippen LogP contribution in [0.25, 0.3) is 0 Å². The van der Waals surface area contributed by atoms with Gasteiger partial charge in [0.1, 0.15) is 16.8 Å². The van der Waals surface area contributed by atoms with Gasteiger partial charge in [0.15, 0.2) is 0 Å². The number of benzene rings is 1. The normalized spacial score (nSPS) is 13.9. The molecule has 3 rings (SSSR count). The van der Waals surface area contributed by atoms with Crippen LogP contribution in [-0.2, 0) is 12.8 Å². The summed E-state index contributed by atoms with van der Waals surface area (Å²) in [5.41, 5.74) is 3.01. The topological polar surface area (TPSA) is 45.4 Å². The maximum absolute atomic E-state index is 9.40. The van der Waals surface area contributed by atoms with E-state index < -0.39 is 0 Å². The van der Waals surface area contributed by atoms with Crippen molar-refractivity contribution in [2.75, 3.05) is 7.11 Å². The van der Waals surface area contributed by atoms with E-state index in [1.54, 1.807) is 18.4 Å². The van der Waals surface area contributed by atoms with Gasteiger partial charge in [-0.15, -0.1) is 11.3 Å². The van der Waals surface area contributed by atoms with Gasteiger partial charge in [-0.25, -0.2) is 4.99 Å². The van der Waals surface area contributed by atoms with Crippen molar-refractivity contribution in [1.29, 1.82) is 5.26 Å². The molecule has 1 aromatic carbocycles. The molecule has 0 bridgehead atoms. The van der Waals surface area contributed by atoms with Gasteiger partial charge >= 0.3 is 0 Å². The Bertz CT molecular complexity index is 708. The lowest BCUT2D eigenvalue weighted by molar-refractivity contribution is 0.415. The van der Waals surface area contributed by atoms with Gasteiger partial charge in [0, 0.05) is 11.1 Å². The van der Waals surface area contributed by atoms with Gasteiger partial charge in [-0.2, -0.15) is 5.26 Å². The molecule has 3 nitrogen and oxygen atoms in total. The third kappa shape index (κ3) is 2.84. The van der Waals surface area contributed by atoms with Crippen LogP contribution in [0.2, 0.25) is 0 Å². The van der Waals surface area contributed by atoms with Crippen molar-refractivity contribution < 1.29 is 4.74 Å².